The molecule has 1 aromatic rings. The first-order valence-corrected chi connectivity index (χ1v) is 7.44. The maximum Gasteiger partial charge on any atom is 0.120 e. The van der Waals surface area contributed by atoms with Gasteiger partial charge in [0.1, 0.15) is 5.75 Å². The van der Waals surface area contributed by atoms with Gasteiger partial charge in [-0.1, -0.05) is 26.0 Å². The average molecular weight is 279 g/mol. The van der Waals surface area contributed by atoms with Crippen molar-refractivity contribution >= 4 is 0 Å². The van der Waals surface area contributed by atoms with Crippen LogP contribution in [-0.4, -0.2) is 36.8 Å². The molecule has 0 heterocycles. The molecule has 1 N–H and O–H groups in total. The number of ether oxygens (including phenoxy) is 1. The standard InChI is InChI=1S/C17H29NO2/c1-7-17(19,14(4)12-18(5)6)15-9-8-10-16(11-15)20-13(2)3/h8-11,13-14,19H,7,12H2,1-6H3/t14?,17-/m1/s1. The predicted octanol–water partition coefficient (Wildman–Crippen LogP) is 3.27. The molecule has 1 aromatic carbocycles. The maximum atomic E-state index is 11.1. The topological polar surface area (TPSA) is 32.7 Å². The summed E-state index contributed by atoms with van der Waals surface area (Å²) in [7, 11) is 4.07. The van der Waals surface area contributed by atoms with Gasteiger partial charge in [-0.25, -0.2) is 0 Å². The minimum absolute atomic E-state index is 0.138. The molecule has 0 fully saturated rings. The van der Waals surface area contributed by atoms with E-state index in [2.05, 4.69) is 11.8 Å². The monoisotopic (exact) mass is 279 g/mol. The number of rotatable bonds is 7. The quantitative estimate of drug-likeness (QED) is 0.831. The lowest BCUT2D eigenvalue weighted by atomic mass is 9.80. The van der Waals surface area contributed by atoms with Gasteiger partial charge in [0.15, 0.2) is 0 Å². The van der Waals surface area contributed by atoms with Gasteiger partial charge in [-0.3, -0.25) is 0 Å². The average Bonchev–Trinajstić information content (AvgIpc) is 2.36. The molecule has 0 saturated carbocycles. The lowest BCUT2D eigenvalue weighted by molar-refractivity contribution is -0.0293. The summed E-state index contributed by atoms with van der Waals surface area (Å²) in [4.78, 5) is 2.11. The highest BCUT2D eigenvalue weighted by atomic mass is 16.5. The van der Waals surface area contributed by atoms with E-state index in [9.17, 15) is 5.11 Å². The molecule has 1 unspecified atom stereocenters. The SMILES string of the molecule is CC[C@](O)(c1cccc(OC(C)C)c1)C(C)CN(C)C. The Bertz CT molecular complexity index is 417. The highest BCUT2D eigenvalue weighted by molar-refractivity contribution is 5.33. The third kappa shape index (κ3) is 4.22. The summed E-state index contributed by atoms with van der Waals surface area (Å²) in [5.41, 5.74) is 0.119. The first-order chi connectivity index (χ1) is 9.29. The molecule has 20 heavy (non-hydrogen) atoms. The Hall–Kier alpha value is -1.06. The van der Waals surface area contributed by atoms with E-state index >= 15 is 0 Å². The Morgan fingerprint density at radius 2 is 1.90 bits per heavy atom. The molecule has 0 aromatic heterocycles. The summed E-state index contributed by atoms with van der Waals surface area (Å²) in [6, 6.07) is 7.85. The van der Waals surface area contributed by atoms with Crippen LogP contribution in [0.15, 0.2) is 24.3 Å². The van der Waals surface area contributed by atoms with E-state index in [0.717, 1.165) is 17.9 Å². The van der Waals surface area contributed by atoms with Crippen molar-refractivity contribution in [2.24, 2.45) is 5.92 Å². The van der Waals surface area contributed by atoms with Gasteiger partial charge in [0.25, 0.3) is 0 Å². The highest BCUT2D eigenvalue weighted by Crippen LogP contribution is 2.35. The Kier molecular flexibility index (Phi) is 6.03. The Balaban J connectivity index is 3.04. The fourth-order valence-electron chi connectivity index (χ4n) is 2.65. The molecule has 3 heteroatoms. The minimum Gasteiger partial charge on any atom is -0.491 e. The van der Waals surface area contributed by atoms with Crippen LogP contribution in [0.2, 0.25) is 0 Å². The van der Waals surface area contributed by atoms with Crippen molar-refractivity contribution in [3.05, 3.63) is 29.8 Å². The van der Waals surface area contributed by atoms with E-state index in [0.29, 0.717) is 6.42 Å². The zero-order valence-corrected chi connectivity index (χ0v) is 13.7. The molecule has 0 aliphatic rings. The van der Waals surface area contributed by atoms with Gasteiger partial charge in [0.2, 0.25) is 0 Å². The van der Waals surface area contributed by atoms with Gasteiger partial charge < -0.3 is 14.7 Å². The van der Waals surface area contributed by atoms with Gasteiger partial charge in [-0.15, -0.1) is 0 Å². The fourth-order valence-corrected chi connectivity index (χ4v) is 2.65. The second-order valence-electron chi connectivity index (χ2n) is 6.14. The van der Waals surface area contributed by atoms with Crippen molar-refractivity contribution in [2.45, 2.75) is 45.8 Å². The van der Waals surface area contributed by atoms with E-state index in [1.807, 2.05) is 59.1 Å². The van der Waals surface area contributed by atoms with Crippen molar-refractivity contribution in [3.8, 4) is 5.75 Å². The summed E-state index contributed by atoms with van der Waals surface area (Å²) >= 11 is 0. The molecule has 0 saturated heterocycles. The third-order valence-corrected chi connectivity index (χ3v) is 3.70. The number of benzene rings is 1. The fraction of sp³-hybridized carbons (Fsp3) is 0.647. The highest BCUT2D eigenvalue weighted by Gasteiger charge is 2.34. The van der Waals surface area contributed by atoms with Crippen LogP contribution in [0, 0.1) is 5.92 Å². The van der Waals surface area contributed by atoms with Crippen LogP contribution in [-0.2, 0) is 5.60 Å². The smallest absolute Gasteiger partial charge is 0.120 e. The number of nitrogens with zero attached hydrogens (tertiary/aromatic N) is 1. The van der Waals surface area contributed by atoms with Crippen LogP contribution in [0.25, 0.3) is 0 Å². The zero-order valence-electron chi connectivity index (χ0n) is 13.7. The van der Waals surface area contributed by atoms with Crippen molar-refractivity contribution in [3.63, 3.8) is 0 Å². The van der Waals surface area contributed by atoms with Crippen LogP contribution in [0.4, 0.5) is 0 Å². The molecule has 0 spiro atoms. The second-order valence-corrected chi connectivity index (χ2v) is 6.14. The Morgan fingerprint density at radius 1 is 1.25 bits per heavy atom. The molecule has 0 amide bonds. The second kappa shape index (κ2) is 7.09. The Labute approximate surface area is 123 Å². The van der Waals surface area contributed by atoms with Crippen LogP contribution in [0.3, 0.4) is 0 Å². The number of aliphatic hydroxyl groups is 1. The normalized spacial score (nSPS) is 16.2. The van der Waals surface area contributed by atoms with Gasteiger partial charge in [0, 0.05) is 12.5 Å². The predicted molar refractivity (Wildman–Crippen MR) is 84.1 cm³/mol. The molecular formula is C17H29NO2. The van der Waals surface area contributed by atoms with Crippen LogP contribution < -0.4 is 4.74 Å². The molecule has 0 aliphatic carbocycles. The summed E-state index contributed by atoms with van der Waals surface area (Å²) in [6.45, 7) is 8.99. The van der Waals surface area contributed by atoms with E-state index < -0.39 is 5.60 Å². The Morgan fingerprint density at radius 3 is 2.40 bits per heavy atom. The zero-order chi connectivity index (χ0) is 15.3. The molecule has 114 valence electrons. The summed E-state index contributed by atoms with van der Waals surface area (Å²) in [6.07, 6.45) is 0.826. The van der Waals surface area contributed by atoms with E-state index in [4.69, 9.17) is 4.74 Å². The molecule has 2 atom stereocenters. The third-order valence-electron chi connectivity index (χ3n) is 3.70. The van der Waals surface area contributed by atoms with E-state index in [1.54, 1.807) is 0 Å². The number of hydrogen-bond donors (Lipinski definition) is 1. The van der Waals surface area contributed by atoms with Gasteiger partial charge in [0.05, 0.1) is 11.7 Å². The van der Waals surface area contributed by atoms with Crippen molar-refractivity contribution in [2.75, 3.05) is 20.6 Å². The number of hydrogen-bond acceptors (Lipinski definition) is 3. The van der Waals surface area contributed by atoms with E-state index in [1.165, 1.54) is 0 Å². The molecule has 0 bridgehead atoms. The molecular weight excluding hydrogens is 250 g/mol. The van der Waals surface area contributed by atoms with Crippen molar-refractivity contribution in [1.29, 1.82) is 0 Å². The lowest BCUT2D eigenvalue weighted by Gasteiger charge is -2.35. The summed E-state index contributed by atoms with van der Waals surface area (Å²) in [5.74, 6) is 0.971. The van der Waals surface area contributed by atoms with Crippen molar-refractivity contribution in [1.82, 2.24) is 4.90 Å². The van der Waals surface area contributed by atoms with Crippen LogP contribution in [0.5, 0.6) is 5.75 Å². The van der Waals surface area contributed by atoms with Gasteiger partial charge in [-0.05, 0) is 52.1 Å². The van der Waals surface area contributed by atoms with Crippen molar-refractivity contribution < 1.29 is 9.84 Å². The maximum absolute atomic E-state index is 11.1. The minimum atomic E-state index is -0.819. The first kappa shape index (κ1) is 17.0. The lowest BCUT2D eigenvalue weighted by Crippen LogP contribution is -2.38. The summed E-state index contributed by atoms with van der Waals surface area (Å²) in [5, 5.41) is 11.1. The molecule has 0 radical (unpaired) electrons. The van der Waals surface area contributed by atoms with E-state index in [-0.39, 0.29) is 12.0 Å². The largest absolute Gasteiger partial charge is 0.491 e. The molecule has 1 rings (SSSR count). The van der Waals surface area contributed by atoms with Gasteiger partial charge >= 0.3 is 0 Å². The first-order valence-electron chi connectivity index (χ1n) is 7.44. The van der Waals surface area contributed by atoms with Gasteiger partial charge in [-0.2, -0.15) is 0 Å². The molecule has 0 aliphatic heterocycles. The van der Waals surface area contributed by atoms with Crippen LogP contribution >= 0.6 is 0 Å². The summed E-state index contributed by atoms with van der Waals surface area (Å²) < 4.78 is 5.73. The van der Waals surface area contributed by atoms with Crippen LogP contribution in [0.1, 0.15) is 39.7 Å². The molecule has 3 nitrogen and oxygen atoms in total.